The minimum absolute atomic E-state index is 0.275. The largest absolute Gasteiger partial charge is 0.365 e. The van der Waals surface area contributed by atoms with Gasteiger partial charge in [-0.3, -0.25) is 9.78 Å². The van der Waals surface area contributed by atoms with E-state index in [-0.39, 0.29) is 18.2 Å². The van der Waals surface area contributed by atoms with E-state index in [1.165, 1.54) is 38.3 Å². The highest BCUT2D eigenvalue weighted by Crippen LogP contribution is 2.25. The molecule has 0 spiro atoms. The number of likely N-dealkylation sites (N-methyl/N-ethyl adjacent to an activating group) is 1. The zero-order valence-electron chi connectivity index (χ0n) is 18.2. The summed E-state index contributed by atoms with van der Waals surface area (Å²) in [4.78, 5) is 28.2. The average Bonchev–Trinajstić information content (AvgIpc) is 3.25. The quantitative estimate of drug-likeness (QED) is 0.447. The number of amides is 1. The van der Waals surface area contributed by atoms with Crippen molar-refractivity contribution in [2.75, 3.05) is 32.1 Å². The first kappa shape index (κ1) is 22.7. The van der Waals surface area contributed by atoms with Gasteiger partial charge in [0.05, 0.1) is 18.1 Å². The van der Waals surface area contributed by atoms with Gasteiger partial charge in [0.2, 0.25) is 0 Å². The Balaban J connectivity index is 1.36. The van der Waals surface area contributed by atoms with Crippen molar-refractivity contribution in [2.24, 2.45) is 5.92 Å². The molecule has 1 aromatic heterocycles. The van der Waals surface area contributed by atoms with Crippen molar-refractivity contribution in [1.29, 1.82) is 0 Å². The van der Waals surface area contributed by atoms with E-state index in [0.29, 0.717) is 12.3 Å². The van der Waals surface area contributed by atoms with Crippen molar-refractivity contribution in [1.82, 2.24) is 20.3 Å². The molecule has 1 unspecified atom stereocenters. The molecule has 1 saturated carbocycles. The molecule has 1 aliphatic carbocycles. The second-order valence-corrected chi connectivity index (χ2v) is 8.46. The molecule has 1 aliphatic heterocycles. The van der Waals surface area contributed by atoms with Gasteiger partial charge < -0.3 is 15.0 Å². The third-order valence-corrected chi connectivity index (χ3v) is 5.53. The molecule has 8 heteroatoms. The summed E-state index contributed by atoms with van der Waals surface area (Å²) in [6.45, 7) is 4.95. The van der Waals surface area contributed by atoms with Crippen molar-refractivity contribution >= 4 is 17.8 Å². The molecule has 2 atom stereocenters. The lowest BCUT2D eigenvalue weighted by Gasteiger charge is -2.25. The van der Waals surface area contributed by atoms with Gasteiger partial charge >= 0.3 is 0 Å². The molecule has 1 amide bonds. The van der Waals surface area contributed by atoms with Gasteiger partial charge in [0, 0.05) is 38.2 Å². The SMILES string of the molecule is C[C@H](CN(C)CC1CCCC1)Nc1cnc(C=CC(=O)NOC2CCCCO2)cn1. The van der Waals surface area contributed by atoms with Gasteiger partial charge in [-0.2, -0.15) is 0 Å². The van der Waals surface area contributed by atoms with Crippen LogP contribution in [0, 0.1) is 5.92 Å². The maximum Gasteiger partial charge on any atom is 0.267 e. The molecule has 2 heterocycles. The van der Waals surface area contributed by atoms with Gasteiger partial charge in [-0.25, -0.2) is 15.3 Å². The first-order valence-electron chi connectivity index (χ1n) is 11.1. The zero-order chi connectivity index (χ0) is 21.2. The van der Waals surface area contributed by atoms with Crippen LogP contribution < -0.4 is 10.8 Å². The summed E-state index contributed by atoms with van der Waals surface area (Å²) in [5, 5.41) is 3.39. The fourth-order valence-electron chi connectivity index (χ4n) is 4.10. The highest BCUT2D eigenvalue weighted by molar-refractivity contribution is 5.90. The molecule has 166 valence electrons. The van der Waals surface area contributed by atoms with Crippen LogP contribution in [0.25, 0.3) is 6.08 Å². The molecule has 2 aliphatic rings. The smallest absolute Gasteiger partial charge is 0.267 e. The molecule has 0 bridgehead atoms. The number of nitrogens with zero attached hydrogens (tertiary/aromatic N) is 3. The second kappa shape index (κ2) is 12.0. The van der Waals surface area contributed by atoms with Crippen LogP contribution in [0.5, 0.6) is 0 Å². The molecule has 2 N–H and O–H groups in total. The molecule has 2 fully saturated rings. The summed E-state index contributed by atoms with van der Waals surface area (Å²) in [7, 11) is 2.19. The monoisotopic (exact) mass is 417 g/mol. The molecule has 1 saturated heterocycles. The number of hydroxylamine groups is 1. The summed E-state index contributed by atoms with van der Waals surface area (Å²) in [6.07, 6.45) is 14.3. The minimum Gasteiger partial charge on any atom is -0.365 e. The lowest BCUT2D eigenvalue weighted by atomic mass is 10.1. The zero-order valence-corrected chi connectivity index (χ0v) is 18.2. The fraction of sp³-hybridized carbons (Fsp3) is 0.682. The van der Waals surface area contributed by atoms with E-state index in [0.717, 1.165) is 37.5 Å². The van der Waals surface area contributed by atoms with Crippen LogP contribution in [-0.2, 0) is 14.4 Å². The van der Waals surface area contributed by atoms with Crippen LogP contribution in [-0.4, -0.2) is 59.9 Å². The number of anilines is 1. The minimum atomic E-state index is -0.361. The highest BCUT2D eigenvalue weighted by atomic mass is 16.8. The number of carbonyl (C=O) groups excluding carboxylic acids is 1. The van der Waals surface area contributed by atoms with Crippen molar-refractivity contribution < 1.29 is 14.4 Å². The van der Waals surface area contributed by atoms with E-state index in [1.807, 2.05) is 0 Å². The number of aromatic nitrogens is 2. The summed E-state index contributed by atoms with van der Waals surface area (Å²) < 4.78 is 5.40. The number of hydrogen-bond acceptors (Lipinski definition) is 7. The molecule has 30 heavy (non-hydrogen) atoms. The molecule has 8 nitrogen and oxygen atoms in total. The van der Waals surface area contributed by atoms with E-state index >= 15 is 0 Å². The number of rotatable bonds is 10. The van der Waals surface area contributed by atoms with Crippen molar-refractivity contribution in [3.05, 3.63) is 24.2 Å². The predicted molar refractivity (Wildman–Crippen MR) is 116 cm³/mol. The van der Waals surface area contributed by atoms with Crippen molar-refractivity contribution in [2.45, 2.75) is 64.2 Å². The van der Waals surface area contributed by atoms with Crippen LogP contribution >= 0.6 is 0 Å². The third kappa shape index (κ3) is 8.01. The Labute approximate surface area is 179 Å². The van der Waals surface area contributed by atoms with E-state index in [2.05, 4.69) is 39.6 Å². The van der Waals surface area contributed by atoms with Crippen molar-refractivity contribution in [3.63, 3.8) is 0 Å². The molecular formula is C22H35N5O3. The van der Waals surface area contributed by atoms with Crippen LogP contribution in [0.1, 0.15) is 57.6 Å². The van der Waals surface area contributed by atoms with E-state index < -0.39 is 0 Å². The highest BCUT2D eigenvalue weighted by Gasteiger charge is 2.18. The summed E-state index contributed by atoms with van der Waals surface area (Å²) >= 11 is 0. The van der Waals surface area contributed by atoms with Gasteiger partial charge in [-0.1, -0.05) is 12.8 Å². The normalized spacial score (nSPS) is 21.2. The van der Waals surface area contributed by atoms with E-state index in [4.69, 9.17) is 9.57 Å². The van der Waals surface area contributed by atoms with E-state index in [1.54, 1.807) is 18.5 Å². The Hall–Kier alpha value is -2.03. The second-order valence-electron chi connectivity index (χ2n) is 8.46. The van der Waals surface area contributed by atoms with E-state index in [9.17, 15) is 4.79 Å². The molecular weight excluding hydrogens is 382 g/mol. The molecule has 1 aromatic rings. The van der Waals surface area contributed by atoms with Gasteiger partial charge in [-0.05, 0) is 51.6 Å². The Morgan fingerprint density at radius 3 is 2.77 bits per heavy atom. The standard InChI is InChI=1S/C22H35N5O3/c1-17(15-27(2)16-18-7-3-4-8-18)25-20-14-23-19(13-24-20)10-11-21(28)26-30-22-9-5-6-12-29-22/h10-11,13-14,17-18,22H,3-9,12,15-16H2,1-2H3,(H,24,25)(H,26,28)/t17-,22?/m1/s1. The fourth-order valence-corrected chi connectivity index (χ4v) is 4.10. The third-order valence-electron chi connectivity index (χ3n) is 5.53. The number of carbonyl (C=O) groups is 1. The van der Waals surface area contributed by atoms with Crippen LogP contribution in [0.3, 0.4) is 0 Å². The number of hydrogen-bond donors (Lipinski definition) is 2. The maximum absolute atomic E-state index is 11.9. The van der Waals surface area contributed by atoms with Crippen LogP contribution in [0.4, 0.5) is 5.82 Å². The Morgan fingerprint density at radius 2 is 2.07 bits per heavy atom. The van der Waals surface area contributed by atoms with Gasteiger partial charge in [0.15, 0.2) is 6.29 Å². The Bertz CT molecular complexity index is 670. The maximum atomic E-state index is 11.9. The van der Waals surface area contributed by atoms with Crippen LogP contribution in [0.2, 0.25) is 0 Å². The topological polar surface area (TPSA) is 88.6 Å². The molecule has 0 aromatic carbocycles. The van der Waals surface area contributed by atoms with Crippen LogP contribution in [0.15, 0.2) is 18.5 Å². The summed E-state index contributed by atoms with van der Waals surface area (Å²) in [5.41, 5.74) is 3.00. The molecule has 0 radical (unpaired) electrons. The van der Waals surface area contributed by atoms with Gasteiger partial charge in [-0.15, -0.1) is 0 Å². The summed E-state index contributed by atoms with van der Waals surface area (Å²) in [6, 6.07) is 0.275. The number of nitrogens with one attached hydrogen (secondary N) is 2. The lowest BCUT2D eigenvalue weighted by molar-refractivity contribution is -0.198. The van der Waals surface area contributed by atoms with Crippen molar-refractivity contribution in [3.8, 4) is 0 Å². The predicted octanol–water partition coefficient (Wildman–Crippen LogP) is 2.99. The number of ether oxygens (including phenoxy) is 1. The first-order valence-corrected chi connectivity index (χ1v) is 11.1. The summed E-state index contributed by atoms with van der Waals surface area (Å²) in [5.74, 6) is 1.23. The average molecular weight is 418 g/mol. The van der Waals surface area contributed by atoms with Gasteiger partial charge in [0.25, 0.3) is 5.91 Å². The molecule has 3 rings (SSSR count). The Kier molecular flexibility index (Phi) is 9.04. The van der Waals surface area contributed by atoms with Gasteiger partial charge in [0.1, 0.15) is 5.82 Å². The Morgan fingerprint density at radius 1 is 1.27 bits per heavy atom. The first-order chi connectivity index (χ1) is 14.6. The lowest BCUT2D eigenvalue weighted by Crippen LogP contribution is -2.35.